The SMILES string of the molecule is Cc1cccc(N2CCN(C[C@H]3C(=O)O[C@@H]4C[C@@]5(C)CCC[C@]6(CO6)[C@@H]5C[C@@H]43)CC2)c1C. The lowest BCUT2D eigenvalue weighted by atomic mass is 9.53. The number of hydrogen-bond donors (Lipinski definition) is 0. The van der Waals surface area contributed by atoms with Crippen LogP contribution in [-0.2, 0) is 14.3 Å². The van der Waals surface area contributed by atoms with Gasteiger partial charge in [0.2, 0.25) is 0 Å². The van der Waals surface area contributed by atoms with Crippen molar-refractivity contribution in [2.75, 3.05) is 44.2 Å². The molecule has 174 valence electrons. The first-order valence-corrected chi connectivity index (χ1v) is 12.8. The monoisotopic (exact) mass is 438 g/mol. The molecule has 5 heteroatoms. The summed E-state index contributed by atoms with van der Waals surface area (Å²) < 4.78 is 12.1. The molecular weight excluding hydrogens is 400 g/mol. The van der Waals surface area contributed by atoms with Crippen LogP contribution in [0.4, 0.5) is 5.69 Å². The Morgan fingerprint density at radius 3 is 2.66 bits per heavy atom. The molecule has 32 heavy (non-hydrogen) atoms. The molecule has 3 saturated heterocycles. The first-order valence-electron chi connectivity index (χ1n) is 12.8. The zero-order valence-electron chi connectivity index (χ0n) is 19.9. The zero-order chi connectivity index (χ0) is 22.1. The Bertz CT molecular complexity index is 904. The van der Waals surface area contributed by atoms with Gasteiger partial charge in [-0.3, -0.25) is 9.69 Å². The molecule has 3 aliphatic heterocycles. The van der Waals surface area contributed by atoms with E-state index in [4.69, 9.17) is 9.47 Å². The van der Waals surface area contributed by atoms with Crippen LogP contribution >= 0.6 is 0 Å². The largest absolute Gasteiger partial charge is 0.462 e. The summed E-state index contributed by atoms with van der Waals surface area (Å²) in [5, 5.41) is 0. The van der Waals surface area contributed by atoms with Gasteiger partial charge >= 0.3 is 5.97 Å². The van der Waals surface area contributed by atoms with Crippen LogP contribution in [0.25, 0.3) is 0 Å². The number of esters is 1. The standard InChI is InChI=1S/C27H38N2O3/c1-18-6-4-7-22(19(18)2)29-12-10-28(11-13-29)16-21-20-14-24-26(3,15-23(20)32-25(21)30)8-5-9-27(24)17-31-27/h4,6-7,20-21,23-24H,5,8-17H2,1-3H3/t20-,21-,23-,24-,26-,27+/m1/s1. The highest BCUT2D eigenvalue weighted by atomic mass is 16.6. The molecule has 5 nitrogen and oxygen atoms in total. The minimum atomic E-state index is 0.0366. The number of epoxide rings is 1. The van der Waals surface area contributed by atoms with Crippen molar-refractivity contribution in [3.63, 3.8) is 0 Å². The minimum absolute atomic E-state index is 0.0366. The Morgan fingerprint density at radius 2 is 1.91 bits per heavy atom. The maximum Gasteiger partial charge on any atom is 0.310 e. The maximum absolute atomic E-state index is 13.0. The van der Waals surface area contributed by atoms with E-state index < -0.39 is 0 Å². The van der Waals surface area contributed by atoms with E-state index in [-0.39, 0.29) is 29.0 Å². The second kappa shape index (κ2) is 7.46. The number of hydrogen-bond acceptors (Lipinski definition) is 5. The van der Waals surface area contributed by atoms with Crippen molar-refractivity contribution in [2.24, 2.45) is 23.2 Å². The second-order valence-corrected chi connectivity index (χ2v) is 11.6. The van der Waals surface area contributed by atoms with E-state index in [1.165, 1.54) is 36.1 Å². The van der Waals surface area contributed by atoms with Crippen LogP contribution in [0.15, 0.2) is 18.2 Å². The number of anilines is 1. The molecule has 1 aromatic rings. The first kappa shape index (κ1) is 21.0. The van der Waals surface area contributed by atoms with Gasteiger partial charge in [0.1, 0.15) is 6.10 Å². The third-order valence-electron chi connectivity index (χ3n) is 9.82. The molecule has 1 aromatic carbocycles. The number of ether oxygens (including phenoxy) is 2. The van der Waals surface area contributed by atoms with Gasteiger partial charge in [-0.1, -0.05) is 19.1 Å². The summed E-state index contributed by atoms with van der Waals surface area (Å²) >= 11 is 0. The van der Waals surface area contributed by atoms with Gasteiger partial charge in [0.15, 0.2) is 0 Å². The Hall–Kier alpha value is -1.59. The number of aryl methyl sites for hydroxylation is 1. The molecule has 2 saturated carbocycles. The smallest absolute Gasteiger partial charge is 0.310 e. The summed E-state index contributed by atoms with van der Waals surface area (Å²) in [4.78, 5) is 18.0. The van der Waals surface area contributed by atoms with Gasteiger partial charge in [0, 0.05) is 44.3 Å². The van der Waals surface area contributed by atoms with Crippen LogP contribution in [-0.4, -0.2) is 61.9 Å². The quantitative estimate of drug-likeness (QED) is 0.528. The molecular formula is C27H38N2O3. The number of nitrogens with zero attached hydrogens (tertiary/aromatic N) is 2. The highest BCUT2D eigenvalue weighted by molar-refractivity contribution is 5.75. The third kappa shape index (κ3) is 3.30. The Morgan fingerprint density at radius 1 is 1.12 bits per heavy atom. The lowest BCUT2D eigenvalue weighted by Crippen LogP contribution is -2.52. The number of carbonyl (C=O) groups is 1. The van der Waals surface area contributed by atoms with Crippen molar-refractivity contribution in [1.29, 1.82) is 0 Å². The molecule has 6 atom stereocenters. The van der Waals surface area contributed by atoms with E-state index >= 15 is 0 Å². The fraction of sp³-hybridized carbons (Fsp3) is 0.741. The average molecular weight is 439 g/mol. The molecule has 0 aromatic heterocycles. The molecule has 5 fully saturated rings. The van der Waals surface area contributed by atoms with Gasteiger partial charge < -0.3 is 14.4 Å². The van der Waals surface area contributed by atoms with Crippen molar-refractivity contribution in [1.82, 2.24) is 4.90 Å². The Kier molecular flexibility index (Phi) is 4.89. The van der Waals surface area contributed by atoms with Gasteiger partial charge in [-0.25, -0.2) is 0 Å². The maximum atomic E-state index is 13.0. The van der Waals surface area contributed by atoms with Crippen molar-refractivity contribution in [3.8, 4) is 0 Å². The lowest BCUT2D eigenvalue weighted by Gasteiger charge is -2.51. The van der Waals surface area contributed by atoms with Gasteiger partial charge in [0.25, 0.3) is 0 Å². The van der Waals surface area contributed by atoms with Crippen LogP contribution < -0.4 is 4.90 Å². The van der Waals surface area contributed by atoms with Gasteiger partial charge in [-0.2, -0.15) is 0 Å². The summed E-state index contributed by atoms with van der Waals surface area (Å²) in [6, 6.07) is 6.60. The average Bonchev–Trinajstić information content (AvgIpc) is 3.47. The molecule has 6 rings (SSSR count). The predicted octanol–water partition coefficient (Wildman–Crippen LogP) is 3.95. The summed E-state index contributed by atoms with van der Waals surface area (Å²) in [6.45, 7) is 12.7. The fourth-order valence-electron chi connectivity index (χ4n) is 7.69. The van der Waals surface area contributed by atoms with Crippen LogP contribution in [0.2, 0.25) is 0 Å². The zero-order valence-corrected chi connectivity index (χ0v) is 19.9. The van der Waals surface area contributed by atoms with Crippen LogP contribution in [0.3, 0.4) is 0 Å². The number of carbonyl (C=O) groups excluding carboxylic acids is 1. The topological polar surface area (TPSA) is 45.3 Å². The third-order valence-corrected chi connectivity index (χ3v) is 9.82. The number of fused-ring (bicyclic) bond motifs is 3. The summed E-state index contributed by atoms with van der Waals surface area (Å²) in [5.74, 6) is 1.07. The van der Waals surface area contributed by atoms with E-state index in [9.17, 15) is 4.79 Å². The minimum Gasteiger partial charge on any atom is -0.462 e. The van der Waals surface area contributed by atoms with E-state index in [1.807, 2.05) is 0 Å². The van der Waals surface area contributed by atoms with E-state index in [1.54, 1.807) is 0 Å². The highest BCUT2D eigenvalue weighted by Gasteiger charge is 2.65. The van der Waals surface area contributed by atoms with Crippen molar-refractivity contribution >= 4 is 11.7 Å². The molecule has 0 radical (unpaired) electrons. The highest BCUT2D eigenvalue weighted by Crippen LogP contribution is 2.62. The first-order chi connectivity index (χ1) is 15.4. The molecule has 0 N–H and O–H groups in total. The van der Waals surface area contributed by atoms with Gasteiger partial charge in [-0.05, 0) is 74.5 Å². The van der Waals surface area contributed by atoms with Crippen molar-refractivity contribution in [2.45, 2.75) is 64.6 Å². The summed E-state index contributed by atoms with van der Waals surface area (Å²) in [6.07, 6.45) is 6.00. The molecule has 2 aliphatic carbocycles. The van der Waals surface area contributed by atoms with Crippen LogP contribution in [0, 0.1) is 37.0 Å². The molecule has 0 bridgehead atoms. The lowest BCUT2D eigenvalue weighted by molar-refractivity contribution is -0.147. The summed E-state index contributed by atoms with van der Waals surface area (Å²) in [7, 11) is 0. The van der Waals surface area contributed by atoms with Crippen molar-refractivity contribution in [3.05, 3.63) is 29.3 Å². The summed E-state index contributed by atoms with van der Waals surface area (Å²) in [5.41, 5.74) is 4.52. The number of rotatable bonds is 3. The molecule has 0 unspecified atom stereocenters. The second-order valence-electron chi connectivity index (χ2n) is 11.6. The number of benzene rings is 1. The number of piperazine rings is 1. The van der Waals surface area contributed by atoms with E-state index in [2.05, 4.69) is 48.8 Å². The predicted molar refractivity (Wildman–Crippen MR) is 125 cm³/mol. The van der Waals surface area contributed by atoms with Crippen LogP contribution in [0.1, 0.15) is 50.2 Å². The molecule has 3 heterocycles. The van der Waals surface area contributed by atoms with Crippen molar-refractivity contribution < 1.29 is 14.3 Å². The molecule has 1 spiro atoms. The van der Waals surface area contributed by atoms with Crippen LogP contribution in [0.5, 0.6) is 0 Å². The van der Waals surface area contributed by atoms with E-state index in [0.29, 0.717) is 11.8 Å². The Balaban J connectivity index is 1.12. The molecule has 0 amide bonds. The fourth-order valence-corrected chi connectivity index (χ4v) is 7.69. The Labute approximate surface area is 192 Å². The van der Waals surface area contributed by atoms with E-state index in [0.717, 1.165) is 52.2 Å². The van der Waals surface area contributed by atoms with Gasteiger partial charge in [-0.15, -0.1) is 0 Å². The normalized spacial score (nSPS) is 41.3. The van der Waals surface area contributed by atoms with Gasteiger partial charge in [0.05, 0.1) is 18.1 Å². The molecule has 5 aliphatic rings.